The van der Waals surface area contributed by atoms with Crippen LogP contribution in [0.3, 0.4) is 0 Å². The maximum absolute atomic E-state index is 13.2. The maximum atomic E-state index is 13.2. The molecular weight excluding hydrogens is 446 g/mol. The highest BCUT2D eigenvalue weighted by atomic mass is 79.9. The third kappa shape index (κ3) is 4.01. The van der Waals surface area contributed by atoms with Crippen molar-refractivity contribution >= 4 is 27.6 Å². The number of methoxy groups -OCH3 is 1. The van der Waals surface area contributed by atoms with E-state index in [4.69, 9.17) is 9.47 Å². The van der Waals surface area contributed by atoms with E-state index in [0.29, 0.717) is 37.4 Å². The number of carbonyl (C=O) groups is 2. The lowest BCUT2D eigenvalue weighted by molar-refractivity contribution is -0.122. The van der Waals surface area contributed by atoms with E-state index in [9.17, 15) is 9.59 Å². The van der Waals surface area contributed by atoms with Crippen molar-refractivity contribution in [2.24, 2.45) is 0 Å². The fraction of sp³-hybridized carbons (Fsp3) is 0.333. The van der Waals surface area contributed by atoms with Crippen LogP contribution in [0.15, 0.2) is 58.2 Å². The lowest BCUT2D eigenvalue weighted by Gasteiger charge is -2.34. The molecule has 0 aromatic heterocycles. The third-order valence-electron chi connectivity index (χ3n) is 5.77. The van der Waals surface area contributed by atoms with Crippen LogP contribution < -0.4 is 14.8 Å². The van der Waals surface area contributed by atoms with Crippen LogP contribution in [-0.2, 0) is 9.59 Å². The van der Waals surface area contributed by atoms with E-state index < -0.39 is 0 Å². The van der Waals surface area contributed by atoms with Gasteiger partial charge in [0, 0.05) is 34.5 Å². The Morgan fingerprint density at radius 3 is 2.43 bits per heavy atom. The summed E-state index contributed by atoms with van der Waals surface area (Å²) in [5, 5.41) is 2.97. The molecule has 0 fully saturated rings. The lowest BCUT2D eigenvalue weighted by Crippen LogP contribution is -2.38. The number of rotatable bonds is 5. The van der Waals surface area contributed by atoms with E-state index in [1.807, 2.05) is 49.4 Å². The second kappa shape index (κ2) is 8.64. The Kier molecular flexibility index (Phi) is 5.95. The zero-order valence-electron chi connectivity index (χ0n) is 17.0. The number of allylic oxidation sites excluding steroid dienone is 2. The summed E-state index contributed by atoms with van der Waals surface area (Å²) in [5.41, 5.74) is 3.52. The van der Waals surface area contributed by atoms with Crippen molar-refractivity contribution in [2.75, 3.05) is 13.7 Å². The predicted molar refractivity (Wildman–Crippen MR) is 118 cm³/mol. The summed E-state index contributed by atoms with van der Waals surface area (Å²) < 4.78 is 12.0. The highest BCUT2D eigenvalue weighted by molar-refractivity contribution is 9.10. The molecule has 0 saturated carbocycles. The Balaban J connectivity index is 1.66. The SMILES string of the molecule is CCOc1ccc(C2CC(=O)C3=C(C2)NC(=O)CC3c2ccc(Br)cc2)cc1OC. The van der Waals surface area contributed by atoms with Crippen molar-refractivity contribution in [1.29, 1.82) is 0 Å². The van der Waals surface area contributed by atoms with Gasteiger partial charge in [0.1, 0.15) is 0 Å². The number of hydrogen-bond donors (Lipinski definition) is 1. The molecule has 1 amide bonds. The summed E-state index contributed by atoms with van der Waals surface area (Å²) in [6.07, 6.45) is 1.34. The molecule has 30 heavy (non-hydrogen) atoms. The molecule has 1 aliphatic carbocycles. The molecular formula is C24H24BrNO4. The fourth-order valence-electron chi connectivity index (χ4n) is 4.39. The zero-order valence-corrected chi connectivity index (χ0v) is 18.6. The van der Waals surface area contributed by atoms with Gasteiger partial charge in [-0.1, -0.05) is 34.1 Å². The standard InChI is InChI=1S/C24H24BrNO4/c1-3-30-21-9-6-15(12-22(21)29-2)16-10-19-24(20(27)11-16)18(13-23(28)26-19)14-4-7-17(25)8-5-14/h4-9,12,16,18H,3,10-11,13H2,1-2H3,(H,26,28). The van der Waals surface area contributed by atoms with Gasteiger partial charge in [0.25, 0.3) is 0 Å². The van der Waals surface area contributed by atoms with Gasteiger partial charge in [0.05, 0.1) is 13.7 Å². The second-order valence-corrected chi connectivity index (χ2v) is 8.54. The molecule has 1 N–H and O–H groups in total. The Bertz CT molecular complexity index is 1010. The largest absolute Gasteiger partial charge is 0.493 e. The van der Waals surface area contributed by atoms with Crippen LogP contribution in [0.25, 0.3) is 0 Å². The molecule has 5 nitrogen and oxygen atoms in total. The van der Waals surface area contributed by atoms with E-state index in [1.165, 1.54) is 0 Å². The minimum absolute atomic E-state index is 0.00945. The molecule has 2 aliphatic rings. The van der Waals surface area contributed by atoms with E-state index in [2.05, 4.69) is 21.2 Å². The van der Waals surface area contributed by atoms with Crippen LogP contribution in [0.2, 0.25) is 0 Å². The van der Waals surface area contributed by atoms with Crippen LogP contribution in [0, 0.1) is 0 Å². The van der Waals surface area contributed by atoms with E-state index >= 15 is 0 Å². The molecule has 2 unspecified atom stereocenters. The first-order chi connectivity index (χ1) is 14.5. The summed E-state index contributed by atoms with van der Waals surface area (Å²) in [7, 11) is 1.61. The third-order valence-corrected chi connectivity index (χ3v) is 6.30. The van der Waals surface area contributed by atoms with Crippen molar-refractivity contribution in [2.45, 2.75) is 38.0 Å². The molecule has 1 heterocycles. The van der Waals surface area contributed by atoms with Crippen LogP contribution in [0.4, 0.5) is 0 Å². The Hall–Kier alpha value is -2.60. The van der Waals surface area contributed by atoms with Gasteiger partial charge in [-0.05, 0) is 54.7 Å². The topological polar surface area (TPSA) is 64.6 Å². The summed E-state index contributed by atoms with van der Waals surface area (Å²) >= 11 is 3.44. The van der Waals surface area contributed by atoms with Crippen LogP contribution in [0.1, 0.15) is 49.1 Å². The average Bonchev–Trinajstić information content (AvgIpc) is 2.73. The van der Waals surface area contributed by atoms with Gasteiger partial charge in [-0.3, -0.25) is 9.59 Å². The molecule has 0 radical (unpaired) electrons. The van der Waals surface area contributed by atoms with Gasteiger partial charge in [-0.15, -0.1) is 0 Å². The van der Waals surface area contributed by atoms with Crippen molar-refractivity contribution < 1.29 is 19.1 Å². The smallest absolute Gasteiger partial charge is 0.225 e. The number of halogens is 1. The molecule has 4 rings (SSSR count). The van der Waals surface area contributed by atoms with Gasteiger partial charge in [0.2, 0.25) is 5.91 Å². The normalized spacial score (nSPS) is 21.2. The number of hydrogen-bond acceptors (Lipinski definition) is 4. The Labute approximate surface area is 184 Å². The van der Waals surface area contributed by atoms with Crippen molar-refractivity contribution in [1.82, 2.24) is 5.32 Å². The van der Waals surface area contributed by atoms with Gasteiger partial charge < -0.3 is 14.8 Å². The average molecular weight is 470 g/mol. The highest BCUT2D eigenvalue weighted by Crippen LogP contribution is 2.43. The monoisotopic (exact) mass is 469 g/mol. The van der Waals surface area contributed by atoms with E-state index in [-0.39, 0.29) is 23.5 Å². The Morgan fingerprint density at radius 1 is 1.00 bits per heavy atom. The van der Waals surface area contributed by atoms with Crippen molar-refractivity contribution in [3.05, 3.63) is 69.3 Å². The number of nitrogens with one attached hydrogen (secondary N) is 1. The predicted octanol–water partition coefficient (Wildman–Crippen LogP) is 4.86. The first kappa shape index (κ1) is 20.7. The minimum Gasteiger partial charge on any atom is -0.493 e. The van der Waals surface area contributed by atoms with Gasteiger partial charge in [0.15, 0.2) is 17.3 Å². The van der Waals surface area contributed by atoms with Crippen molar-refractivity contribution in [3.63, 3.8) is 0 Å². The summed E-state index contributed by atoms with van der Waals surface area (Å²) in [5.74, 6) is 1.20. The second-order valence-electron chi connectivity index (χ2n) is 7.62. The molecule has 0 bridgehead atoms. The molecule has 1 aliphatic heterocycles. The summed E-state index contributed by atoms with van der Waals surface area (Å²) in [6.45, 7) is 2.48. The number of amides is 1. The fourth-order valence-corrected chi connectivity index (χ4v) is 4.65. The molecule has 2 aromatic rings. The number of carbonyl (C=O) groups excluding carboxylic acids is 2. The highest BCUT2D eigenvalue weighted by Gasteiger charge is 2.38. The first-order valence-electron chi connectivity index (χ1n) is 10.1. The maximum Gasteiger partial charge on any atom is 0.225 e. The van der Waals surface area contributed by atoms with E-state index in [0.717, 1.165) is 26.9 Å². The zero-order chi connectivity index (χ0) is 21.3. The number of benzene rings is 2. The summed E-state index contributed by atoms with van der Waals surface area (Å²) in [4.78, 5) is 25.7. The van der Waals surface area contributed by atoms with Crippen molar-refractivity contribution in [3.8, 4) is 11.5 Å². The molecule has 6 heteroatoms. The molecule has 0 spiro atoms. The van der Waals surface area contributed by atoms with Gasteiger partial charge in [-0.25, -0.2) is 0 Å². The molecule has 2 atom stereocenters. The number of ether oxygens (including phenoxy) is 2. The van der Waals surface area contributed by atoms with Gasteiger partial charge in [-0.2, -0.15) is 0 Å². The lowest BCUT2D eigenvalue weighted by atomic mass is 9.73. The van der Waals surface area contributed by atoms with Crippen LogP contribution in [0.5, 0.6) is 11.5 Å². The van der Waals surface area contributed by atoms with Gasteiger partial charge >= 0.3 is 0 Å². The van der Waals surface area contributed by atoms with E-state index in [1.54, 1.807) is 7.11 Å². The Morgan fingerprint density at radius 2 is 1.73 bits per heavy atom. The molecule has 2 aromatic carbocycles. The number of ketones is 1. The van der Waals surface area contributed by atoms with Crippen LogP contribution >= 0.6 is 15.9 Å². The first-order valence-corrected chi connectivity index (χ1v) is 10.9. The molecule has 156 valence electrons. The van der Waals surface area contributed by atoms with Crippen LogP contribution in [-0.4, -0.2) is 25.4 Å². The summed E-state index contributed by atoms with van der Waals surface area (Å²) in [6, 6.07) is 13.7. The molecule has 0 saturated heterocycles. The minimum atomic E-state index is -0.190. The number of Topliss-reactive ketones (excluding diaryl/α,β-unsaturated/α-hetero) is 1. The quantitative estimate of drug-likeness (QED) is 0.678.